The molecule has 3 aliphatic rings. The van der Waals surface area contributed by atoms with Crippen molar-refractivity contribution in [2.75, 3.05) is 31.6 Å². The summed E-state index contributed by atoms with van der Waals surface area (Å²) in [5.74, 6) is -1.59. The Morgan fingerprint density at radius 3 is 2.58 bits per heavy atom. The number of hydrogen-bond donors (Lipinski definition) is 2. The number of amides is 3. The van der Waals surface area contributed by atoms with Crippen molar-refractivity contribution in [2.45, 2.75) is 38.5 Å². The van der Waals surface area contributed by atoms with Gasteiger partial charge in [0.2, 0.25) is 11.8 Å². The predicted octanol–water partition coefficient (Wildman–Crippen LogP) is 1.89. The van der Waals surface area contributed by atoms with Gasteiger partial charge in [0.1, 0.15) is 6.04 Å². The van der Waals surface area contributed by atoms with Gasteiger partial charge < -0.3 is 15.0 Å². The van der Waals surface area contributed by atoms with Gasteiger partial charge in [0.25, 0.3) is 5.91 Å². The highest BCUT2D eigenvalue weighted by Gasteiger charge is 2.39. The van der Waals surface area contributed by atoms with Gasteiger partial charge in [-0.2, -0.15) is 0 Å². The van der Waals surface area contributed by atoms with Crippen LogP contribution >= 0.6 is 0 Å². The minimum Gasteiger partial charge on any atom is -0.381 e. The quantitative estimate of drug-likeness (QED) is 0.654. The summed E-state index contributed by atoms with van der Waals surface area (Å²) >= 11 is 0. The molecular weight excluding hydrogens is 420 g/mol. The van der Waals surface area contributed by atoms with E-state index < -0.39 is 30.3 Å². The summed E-state index contributed by atoms with van der Waals surface area (Å²) in [5, 5.41) is 5.50. The number of imide groups is 1. The molecule has 0 aliphatic carbocycles. The van der Waals surface area contributed by atoms with E-state index in [4.69, 9.17) is 7.48 Å². The first-order valence-corrected chi connectivity index (χ1v) is 11.3. The topological polar surface area (TPSA) is 91.0 Å². The number of nitrogens with one attached hydrogen (secondary N) is 2. The lowest BCUT2D eigenvalue weighted by molar-refractivity contribution is -0.136. The summed E-state index contributed by atoms with van der Waals surface area (Å²) < 4.78 is 22.9. The van der Waals surface area contributed by atoms with Crippen LogP contribution in [-0.4, -0.2) is 59.9 Å². The molecule has 0 aromatic heterocycles. The zero-order valence-corrected chi connectivity index (χ0v) is 18.3. The molecule has 1 atom stereocenters. The summed E-state index contributed by atoms with van der Waals surface area (Å²) in [6, 6.07) is 12.3. The van der Waals surface area contributed by atoms with Crippen LogP contribution in [0.3, 0.4) is 0 Å². The number of carbonyl (C=O) groups excluding carboxylic acids is 3. The Bertz CT molecular complexity index is 1150. The van der Waals surface area contributed by atoms with Crippen molar-refractivity contribution >= 4 is 23.4 Å². The maximum atomic E-state index is 13.1. The number of rotatable bonds is 6. The summed E-state index contributed by atoms with van der Waals surface area (Å²) in [7, 11) is 0. The molecule has 8 nitrogen and oxygen atoms in total. The van der Waals surface area contributed by atoms with Gasteiger partial charge in [-0.3, -0.25) is 24.6 Å². The molecule has 2 saturated heterocycles. The molecule has 0 bridgehead atoms. The lowest BCUT2D eigenvalue weighted by Crippen LogP contribution is -2.52. The second-order valence-electron chi connectivity index (χ2n) is 8.54. The highest BCUT2D eigenvalue weighted by molar-refractivity contribution is 6.06. The third-order valence-corrected chi connectivity index (χ3v) is 6.28. The highest BCUT2D eigenvalue weighted by Crippen LogP contribution is 2.32. The first kappa shape index (κ1) is 19.3. The number of hydrogen-bond acceptors (Lipinski definition) is 6. The summed E-state index contributed by atoms with van der Waals surface area (Å²) in [6.45, 7) is 2.53. The van der Waals surface area contributed by atoms with Crippen LogP contribution in [0.1, 0.15) is 42.6 Å². The largest absolute Gasteiger partial charge is 0.381 e. The van der Waals surface area contributed by atoms with Crippen LogP contribution in [-0.2, 0) is 33.9 Å². The zero-order chi connectivity index (χ0) is 24.6. The van der Waals surface area contributed by atoms with Crippen LogP contribution in [0.15, 0.2) is 42.5 Å². The number of anilines is 1. The molecule has 3 aliphatic heterocycles. The molecule has 0 radical (unpaired) electrons. The molecule has 2 N–H and O–H groups in total. The number of carbonyl (C=O) groups is 3. The van der Waals surface area contributed by atoms with Crippen LogP contribution in [0.2, 0.25) is 0 Å². The molecule has 2 aromatic carbocycles. The number of morpholine rings is 1. The Balaban J connectivity index is 1.31. The molecule has 3 heterocycles. The van der Waals surface area contributed by atoms with E-state index in [2.05, 4.69) is 27.7 Å². The Hall–Kier alpha value is -3.23. The van der Waals surface area contributed by atoms with Gasteiger partial charge in [-0.25, -0.2) is 0 Å². The van der Waals surface area contributed by atoms with Crippen LogP contribution in [0.4, 0.5) is 5.69 Å². The first-order chi connectivity index (χ1) is 16.8. The summed E-state index contributed by atoms with van der Waals surface area (Å²) in [5.41, 5.74) is 3.20. The van der Waals surface area contributed by atoms with E-state index in [9.17, 15) is 14.4 Å². The number of nitrogens with zero attached hydrogens (tertiary/aromatic N) is 2. The zero-order valence-electron chi connectivity index (χ0n) is 20.3. The molecule has 0 saturated carbocycles. The second kappa shape index (κ2) is 9.33. The summed E-state index contributed by atoms with van der Waals surface area (Å²) in [6.07, 6.45) is 0.169. The Labute approximate surface area is 195 Å². The van der Waals surface area contributed by atoms with Crippen LogP contribution in [0.5, 0.6) is 0 Å². The molecule has 1 unspecified atom stereocenters. The van der Waals surface area contributed by atoms with Crippen molar-refractivity contribution in [1.82, 2.24) is 15.1 Å². The maximum Gasteiger partial charge on any atom is 0.255 e. The fourth-order valence-electron chi connectivity index (χ4n) is 4.42. The normalized spacial score (nSPS) is 23.6. The van der Waals surface area contributed by atoms with E-state index in [0.29, 0.717) is 12.2 Å². The number of fused-ring (bicyclic) bond motifs is 1. The molecule has 3 amide bonds. The van der Waals surface area contributed by atoms with E-state index in [1.807, 2.05) is 12.1 Å². The molecule has 2 fully saturated rings. The highest BCUT2D eigenvalue weighted by atomic mass is 16.5. The van der Waals surface area contributed by atoms with Gasteiger partial charge in [-0.05, 0) is 29.7 Å². The standard InChI is InChI=1S/C25H28N4O4/c30-23-9-8-22(24(31)27-23)29-16-20-19(25(29)32)2-1-3-21(20)26-14-17-4-6-18(7-5-17)15-28-10-12-33-13-11-28/h1-7,22,26H,8-16H2,(H,27,30,31)/i16D2. The summed E-state index contributed by atoms with van der Waals surface area (Å²) in [4.78, 5) is 40.4. The third kappa shape index (κ3) is 4.62. The minimum atomic E-state index is -2.19. The van der Waals surface area contributed by atoms with E-state index in [-0.39, 0.29) is 24.0 Å². The maximum absolute atomic E-state index is 13.1. The SMILES string of the molecule is [2H]C1([2H])c2c(NCc3ccc(CN4CCOCC4)cc3)cccc2C(=O)N1C1CCC(=O)NC1=O. The smallest absolute Gasteiger partial charge is 0.255 e. The van der Waals surface area contributed by atoms with Gasteiger partial charge in [-0.15, -0.1) is 0 Å². The lowest BCUT2D eigenvalue weighted by atomic mass is 10.0. The third-order valence-electron chi connectivity index (χ3n) is 6.28. The second-order valence-corrected chi connectivity index (χ2v) is 8.54. The van der Waals surface area contributed by atoms with Gasteiger partial charge in [0.15, 0.2) is 0 Å². The Kier molecular flexibility index (Phi) is 5.44. The van der Waals surface area contributed by atoms with Crippen LogP contribution in [0.25, 0.3) is 0 Å². The van der Waals surface area contributed by atoms with Gasteiger partial charge in [0, 0.05) is 55.9 Å². The van der Waals surface area contributed by atoms with E-state index >= 15 is 0 Å². The fourth-order valence-corrected chi connectivity index (χ4v) is 4.42. The van der Waals surface area contributed by atoms with Crippen molar-refractivity contribution in [3.63, 3.8) is 0 Å². The lowest BCUT2D eigenvalue weighted by Gasteiger charge is -2.29. The van der Waals surface area contributed by atoms with Crippen molar-refractivity contribution in [1.29, 1.82) is 0 Å². The average molecular weight is 451 g/mol. The van der Waals surface area contributed by atoms with Gasteiger partial charge in [0.05, 0.1) is 16.0 Å². The molecular formula is C25H28N4O4. The van der Waals surface area contributed by atoms with Crippen molar-refractivity contribution in [2.24, 2.45) is 0 Å². The van der Waals surface area contributed by atoms with E-state index in [0.717, 1.165) is 43.3 Å². The Morgan fingerprint density at radius 1 is 1.06 bits per heavy atom. The molecule has 5 rings (SSSR count). The van der Waals surface area contributed by atoms with E-state index in [1.165, 1.54) is 5.56 Å². The van der Waals surface area contributed by atoms with Crippen LogP contribution in [0, 0.1) is 0 Å². The van der Waals surface area contributed by atoms with Crippen LogP contribution < -0.4 is 10.6 Å². The minimum absolute atomic E-state index is 0.0687. The number of piperidine rings is 1. The fraction of sp³-hybridized carbons (Fsp3) is 0.400. The van der Waals surface area contributed by atoms with Crippen molar-refractivity contribution < 1.29 is 21.9 Å². The van der Waals surface area contributed by atoms with E-state index in [1.54, 1.807) is 18.2 Å². The molecule has 2 aromatic rings. The molecule has 8 heteroatoms. The van der Waals surface area contributed by atoms with Crippen molar-refractivity contribution in [3.8, 4) is 0 Å². The molecule has 33 heavy (non-hydrogen) atoms. The monoisotopic (exact) mass is 450 g/mol. The first-order valence-electron chi connectivity index (χ1n) is 12.3. The van der Waals surface area contributed by atoms with Crippen molar-refractivity contribution in [3.05, 3.63) is 64.7 Å². The van der Waals surface area contributed by atoms with Gasteiger partial charge in [-0.1, -0.05) is 30.3 Å². The predicted molar refractivity (Wildman–Crippen MR) is 122 cm³/mol. The number of benzene rings is 2. The van der Waals surface area contributed by atoms with Gasteiger partial charge >= 0.3 is 0 Å². The number of ether oxygens (including phenoxy) is 1. The average Bonchev–Trinajstić information content (AvgIpc) is 3.05. The Morgan fingerprint density at radius 2 is 1.82 bits per heavy atom. The molecule has 0 spiro atoms. The molecule has 172 valence electrons.